The Morgan fingerprint density at radius 1 is 1.12 bits per heavy atom. The maximum absolute atomic E-state index is 13.0. The van der Waals surface area contributed by atoms with Crippen LogP contribution in [0.3, 0.4) is 0 Å². The fourth-order valence-corrected chi connectivity index (χ4v) is 5.55. The number of anilines is 1. The van der Waals surface area contributed by atoms with Crippen molar-refractivity contribution in [3.8, 4) is 0 Å². The lowest BCUT2D eigenvalue weighted by Gasteiger charge is -2.32. The van der Waals surface area contributed by atoms with Crippen molar-refractivity contribution >= 4 is 27.5 Å². The highest BCUT2D eigenvalue weighted by Gasteiger charge is 2.31. The summed E-state index contributed by atoms with van der Waals surface area (Å²) in [6.07, 6.45) is 5.03. The molecule has 0 radical (unpaired) electrons. The number of morpholine rings is 1. The smallest absolute Gasteiger partial charge is 0.247 e. The Balaban J connectivity index is 1.67. The standard InChI is InChI=1S/C22H34N4O6S/c1-16(21(27)24-29)20(15-26-11-13-32-14-12-26)25-33(30,31)19-9-7-18(8-10-19)23-22(28)17-5-3-2-4-6-17/h7-10,16-17,20,25,29H,2-6,11-15H2,1H3,(H,23,28)(H,24,27)/t16?,20-/m0/s1. The normalized spacial score (nSPS) is 20.1. The second-order valence-electron chi connectivity index (χ2n) is 8.75. The average molecular weight is 483 g/mol. The minimum absolute atomic E-state index is 0.00364. The molecule has 11 heteroatoms. The van der Waals surface area contributed by atoms with E-state index in [2.05, 4.69) is 10.0 Å². The third-order valence-electron chi connectivity index (χ3n) is 6.40. The SMILES string of the molecule is CC(C(=O)NO)[C@H](CN1CCOCC1)NS(=O)(=O)c1ccc(NC(=O)C2CCCCC2)cc1. The van der Waals surface area contributed by atoms with Gasteiger partial charge in [-0.3, -0.25) is 19.7 Å². The Morgan fingerprint density at radius 3 is 2.36 bits per heavy atom. The molecule has 2 fully saturated rings. The van der Waals surface area contributed by atoms with Gasteiger partial charge in [0, 0.05) is 37.3 Å². The van der Waals surface area contributed by atoms with Crippen molar-refractivity contribution in [3.63, 3.8) is 0 Å². The van der Waals surface area contributed by atoms with Crippen molar-refractivity contribution in [3.05, 3.63) is 24.3 Å². The van der Waals surface area contributed by atoms with E-state index in [1.54, 1.807) is 24.5 Å². The average Bonchev–Trinajstić information content (AvgIpc) is 2.84. The number of carbonyl (C=O) groups excluding carboxylic acids is 2. The van der Waals surface area contributed by atoms with Gasteiger partial charge in [-0.1, -0.05) is 26.2 Å². The predicted octanol–water partition coefficient (Wildman–Crippen LogP) is 1.33. The lowest BCUT2D eigenvalue weighted by atomic mass is 9.88. The third-order valence-corrected chi connectivity index (χ3v) is 7.91. The molecule has 2 amide bonds. The van der Waals surface area contributed by atoms with Crippen LogP contribution < -0.4 is 15.5 Å². The van der Waals surface area contributed by atoms with Crippen LogP contribution in [0.2, 0.25) is 0 Å². The van der Waals surface area contributed by atoms with Crippen LogP contribution in [0.25, 0.3) is 0 Å². The van der Waals surface area contributed by atoms with Gasteiger partial charge in [0.05, 0.1) is 24.0 Å². The molecule has 3 rings (SSSR count). The Labute approximate surface area is 195 Å². The predicted molar refractivity (Wildman–Crippen MR) is 122 cm³/mol. The molecular weight excluding hydrogens is 448 g/mol. The van der Waals surface area contributed by atoms with Crippen molar-refractivity contribution in [1.82, 2.24) is 15.1 Å². The number of ether oxygens (including phenoxy) is 1. The zero-order chi connectivity index (χ0) is 23.8. The minimum Gasteiger partial charge on any atom is -0.379 e. The first-order valence-electron chi connectivity index (χ1n) is 11.5. The second kappa shape index (κ2) is 11.9. The summed E-state index contributed by atoms with van der Waals surface area (Å²) < 4.78 is 34.0. The van der Waals surface area contributed by atoms with E-state index in [4.69, 9.17) is 9.94 Å². The van der Waals surface area contributed by atoms with Crippen molar-refractivity contribution < 1.29 is 28.0 Å². The first-order valence-corrected chi connectivity index (χ1v) is 13.0. The molecule has 0 spiro atoms. The highest BCUT2D eigenvalue weighted by molar-refractivity contribution is 7.89. The second-order valence-corrected chi connectivity index (χ2v) is 10.5. The van der Waals surface area contributed by atoms with E-state index < -0.39 is 27.9 Å². The molecule has 4 N–H and O–H groups in total. The van der Waals surface area contributed by atoms with Gasteiger partial charge >= 0.3 is 0 Å². The lowest BCUT2D eigenvalue weighted by molar-refractivity contribution is -0.133. The molecule has 10 nitrogen and oxygen atoms in total. The van der Waals surface area contributed by atoms with Gasteiger partial charge in [0.15, 0.2) is 0 Å². The van der Waals surface area contributed by atoms with E-state index in [0.717, 1.165) is 32.1 Å². The van der Waals surface area contributed by atoms with Gasteiger partial charge in [-0.25, -0.2) is 18.6 Å². The van der Waals surface area contributed by atoms with Crippen LogP contribution in [-0.2, 0) is 24.3 Å². The summed E-state index contributed by atoms with van der Waals surface area (Å²) >= 11 is 0. The first-order chi connectivity index (χ1) is 15.8. The summed E-state index contributed by atoms with van der Waals surface area (Å²) in [6.45, 7) is 4.18. The number of amides is 2. The maximum atomic E-state index is 13.0. The molecule has 1 unspecified atom stereocenters. The molecule has 2 atom stereocenters. The number of sulfonamides is 1. The quantitative estimate of drug-likeness (QED) is 0.308. The van der Waals surface area contributed by atoms with Crippen LogP contribution in [0.5, 0.6) is 0 Å². The van der Waals surface area contributed by atoms with Gasteiger partial charge in [-0.15, -0.1) is 0 Å². The molecule has 1 aliphatic heterocycles. The molecule has 1 heterocycles. The van der Waals surface area contributed by atoms with Gasteiger partial charge in [-0.05, 0) is 37.1 Å². The molecule has 0 aromatic heterocycles. The van der Waals surface area contributed by atoms with E-state index in [-0.39, 0.29) is 16.7 Å². The fraction of sp³-hybridized carbons (Fsp3) is 0.636. The zero-order valence-electron chi connectivity index (χ0n) is 19.0. The Bertz CT molecular complexity index is 896. The van der Waals surface area contributed by atoms with Crippen molar-refractivity contribution in [2.45, 2.75) is 50.0 Å². The highest BCUT2D eigenvalue weighted by Crippen LogP contribution is 2.25. The number of hydroxylamine groups is 1. The van der Waals surface area contributed by atoms with E-state index in [1.165, 1.54) is 12.1 Å². The topological polar surface area (TPSA) is 137 Å². The summed E-state index contributed by atoms with van der Waals surface area (Å²) in [7, 11) is -3.94. The third kappa shape index (κ3) is 7.21. The monoisotopic (exact) mass is 482 g/mol. The summed E-state index contributed by atoms with van der Waals surface area (Å²) in [5, 5.41) is 11.9. The van der Waals surface area contributed by atoms with Gasteiger partial charge in [0.1, 0.15) is 0 Å². The number of rotatable bonds is 9. The summed E-state index contributed by atoms with van der Waals surface area (Å²) in [4.78, 5) is 26.5. The molecular formula is C22H34N4O6S. The molecule has 1 saturated carbocycles. The van der Waals surface area contributed by atoms with Crippen LogP contribution in [0.15, 0.2) is 29.2 Å². The molecule has 1 saturated heterocycles. The van der Waals surface area contributed by atoms with Crippen LogP contribution in [0, 0.1) is 11.8 Å². The van der Waals surface area contributed by atoms with Gasteiger partial charge in [0.2, 0.25) is 21.8 Å². The Hall–Kier alpha value is -2.05. The van der Waals surface area contributed by atoms with E-state index in [1.807, 2.05) is 4.90 Å². The van der Waals surface area contributed by atoms with Gasteiger partial charge < -0.3 is 10.1 Å². The molecule has 184 valence electrons. The number of nitrogens with one attached hydrogen (secondary N) is 3. The number of carbonyl (C=O) groups is 2. The number of benzene rings is 1. The number of hydrogen-bond acceptors (Lipinski definition) is 7. The summed E-state index contributed by atoms with van der Waals surface area (Å²) in [5.41, 5.74) is 2.15. The molecule has 2 aliphatic rings. The van der Waals surface area contributed by atoms with Crippen LogP contribution in [-0.4, -0.2) is 69.2 Å². The molecule has 1 aliphatic carbocycles. The molecule has 33 heavy (non-hydrogen) atoms. The van der Waals surface area contributed by atoms with Crippen molar-refractivity contribution in [1.29, 1.82) is 0 Å². The Morgan fingerprint density at radius 2 is 1.76 bits per heavy atom. The summed E-state index contributed by atoms with van der Waals surface area (Å²) in [5.74, 6) is -1.50. The van der Waals surface area contributed by atoms with Gasteiger partial charge in [0.25, 0.3) is 0 Å². The first kappa shape index (κ1) is 25.6. The molecule has 1 aromatic rings. The maximum Gasteiger partial charge on any atom is 0.247 e. The largest absolute Gasteiger partial charge is 0.379 e. The van der Waals surface area contributed by atoms with Crippen molar-refractivity contribution in [2.75, 3.05) is 38.2 Å². The van der Waals surface area contributed by atoms with Crippen LogP contribution in [0.1, 0.15) is 39.0 Å². The van der Waals surface area contributed by atoms with E-state index in [0.29, 0.717) is 38.5 Å². The van der Waals surface area contributed by atoms with E-state index in [9.17, 15) is 18.0 Å². The van der Waals surface area contributed by atoms with Crippen molar-refractivity contribution in [2.24, 2.45) is 11.8 Å². The van der Waals surface area contributed by atoms with Crippen LogP contribution in [0.4, 0.5) is 5.69 Å². The van der Waals surface area contributed by atoms with Gasteiger partial charge in [-0.2, -0.15) is 0 Å². The number of hydrogen-bond donors (Lipinski definition) is 4. The summed E-state index contributed by atoms with van der Waals surface area (Å²) in [6, 6.07) is 5.24. The minimum atomic E-state index is -3.94. The molecule has 0 bridgehead atoms. The van der Waals surface area contributed by atoms with Crippen LogP contribution >= 0.6 is 0 Å². The highest BCUT2D eigenvalue weighted by atomic mass is 32.2. The number of nitrogens with zero attached hydrogens (tertiary/aromatic N) is 1. The zero-order valence-corrected chi connectivity index (χ0v) is 19.8. The Kier molecular flexibility index (Phi) is 9.21. The molecule has 1 aromatic carbocycles. The fourth-order valence-electron chi connectivity index (χ4n) is 4.24. The van der Waals surface area contributed by atoms with E-state index >= 15 is 0 Å². The lowest BCUT2D eigenvalue weighted by Crippen LogP contribution is -2.52.